The molecule has 0 spiro atoms. The van der Waals surface area contributed by atoms with Gasteiger partial charge in [0, 0.05) is 20.5 Å². The number of anilines is 1. The monoisotopic (exact) mass is 255 g/mol. The van der Waals surface area contributed by atoms with Gasteiger partial charge in [-0.15, -0.1) is 5.10 Å². The normalized spacial score (nSPS) is 10.1. The maximum Gasteiger partial charge on any atom is 0.327 e. The second-order valence-electron chi connectivity index (χ2n) is 3.91. The van der Waals surface area contributed by atoms with E-state index in [1.54, 1.807) is 14.1 Å². The zero-order chi connectivity index (χ0) is 13.5. The van der Waals surface area contributed by atoms with Crippen molar-refractivity contribution in [1.29, 1.82) is 0 Å². The van der Waals surface area contributed by atoms with Crippen molar-refractivity contribution in [3.63, 3.8) is 0 Å². The molecule has 100 valence electrons. The Balaban J connectivity index is 2.16. The van der Waals surface area contributed by atoms with Crippen LogP contribution in [0.4, 0.5) is 5.95 Å². The highest BCUT2D eigenvalue weighted by Crippen LogP contribution is 1.96. The SMILES string of the molecule is CN(C)C(=O)CCCOC(=O)Cn1cnc(N)n1. The Labute approximate surface area is 105 Å². The predicted octanol–water partition coefficient (Wildman–Crippen LogP) is -0.728. The number of carbonyl (C=O) groups excluding carboxylic acids is 2. The first-order valence-electron chi connectivity index (χ1n) is 5.49. The van der Waals surface area contributed by atoms with Crippen LogP contribution in [0.2, 0.25) is 0 Å². The predicted molar refractivity (Wildman–Crippen MR) is 63.3 cm³/mol. The quantitative estimate of drug-likeness (QED) is 0.531. The van der Waals surface area contributed by atoms with Crippen LogP contribution >= 0.6 is 0 Å². The summed E-state index contributed by atoms with van der Waals surface area (Å²) in [6, 6.07) is 0. The zero-order valence-electron chi connectivity index (χ0n) is 10.5. The van der Waals surface area contributed by atoms with Crippen molar-refractivity contribution in [2.45, 2.75) is 19.4 Å². The number of hydrogen-bond acceptors (Lipinski definition) is 6. The number of aromatic nitrogens is 3. The summed E-state index contributed by atoms with van der Waals surface area (Å²) < 4.78 is 6.24. The summed E-state index contributed by atoms with van der Waals surface area (Å²) in [5, 5.41) is 3.75. The van der Waals surface area contributed by atoms with Gasteiger partial charge in [-0.25, -0.2) is 9.67 Å². The third-order valence-electron chi connectivity index (χ3n) is 2.14. The van der Waals surface area contributed by atoms with E-state index in [9.17, 15) is 9.59 Å². The lowest BCUT2D eigenvalue weighted by atomic mass is 10.3. The molecule has 1 aromatic rings. The lowest BCUT2D eigenvalue weighted by molar-refractivity contribution is -0.145. The Morgan fingerprint density at radius 1 is 1.50 bits per heavy atom. The van der Waals surface area contributed by atoms with Gasteiger partial charge in [-0.05, 0) is 6.42 Å². The van der Waals surface area contributed by atoms with Gasteiger partial charge < -0.3 is 15.4 Å². The van der Waals surface area contributed by atoms with Crippen molar-refractivity contribution in [1.82, 2.24) is 19.7 Å². The molecule has 18 heavy (non-hydrogen) atoms. The van der Waals surface area contributed by atoms with Gasteiger partial charge in [-0.2, -0.15) is 0 Å². The van der Waals surface area contributed by atoms with Crippen LogP contribution in [-0.2, 0) is 20.9 Å². The van der Waals surface area contributed by atoms with Crippen LogP contribution < -0.4 is 5.73 Å². The number of esters is 1. The standard InChI is InChI=1S/C10H17N5O3/c1-14(2)8(16)4-3-5-18-9(17)6-15-7-12-10(11)13-15/h7H,3-6H2,1-2H3,(H2,11,13). The van der Waals surface area contributed by atoms with E-state index in [0.717, 1.165) is 0 Å². The molecule has 0 unspecified atom stereocenters. The molecule has 8 nitrogen and oxygen atoms in total. The minimum atomic E-state index is -0.433. The van der Waals surface area contributed by atoms with E-state index in [1.165, 1.54) is 15.9 Å². The molecule has 0 radical (unpaired) electrons. The molecule has 0 aliphatic heterocycles. The van der Waals surface area contributed by atoms with E-state index in [2.05, 4.69) is 10.1 Å². The smallest absolute Gasteiger partial charge is 0.327 e. The van der Waals surface area contributed by atoms with E-state index in [-0.39, 0.29) is 25.0 Å². The highest BCUT2D eigenvalue weighted by Gasteiger charge is 2.07. The van der Waals surface area contributed by atoms with E-state index >= 15 is 0 Å². The molecule has 0 aliphatic rings. The van der Waals surface area contributed by atoms with Crippen LogP contribution in [0.5, 0.6) is 0 Å². The topological polar surface area (TPSA) is 103 Å². The Hall–Kier alpha value is -2.12. The number of nitrogens with zero attached hydrogens (tertiary/aromatic N) is 4. The summed E-state index contributed by atoms with van der Waals surface area (Å²) >= 11 is 0. The third kappa shape index (κ3) is 4.81. The van der Waals surface area contributed by atoms with E-state index < -0.39 is 5.97 Å². The van der Waals surface area contributed by atoms with Crippen LogP contribution in [0.25, 0.3) is 0 Å². The summed E-state index contributed by atoms with van der Waals surface area (Å²) in [4.78, 5) is 27.8. The fraction of sp³-hybridized carbons (Fsp3) is 0.600. The molecule has 1 heterocycles. The second kappa shape index (κ2) is 6.58. The van der Waals surface area contributed by atoms with E-state index in [0.29, 0.717) is 12.8 Å². The molecule has 2 N–H and O–H groups in total. The lowest BCUT2D eigenvalue weighted by Gasteiger charge is -2.09. The maximum atomic E-state index is 11.4. The van der Waals surface area contributed by atoms with Gasteiger partial charge in [-0.1, -0.05) is 0 Å². The summed E-state index contributed by atoms with van der Waals surface area (Å²) in [7, 11) is 3.37. The highest BCUT2D eigenvalue weighted by atomic mass is 16.5. The summed E-state index contributed by atoms with van der Waals surface area (Å²) in [6.45, 7) is 0.175. The van der Waals surface area contributed by atoms with Crippen molar-refractivity contribution in [3.8, 4) is 0 Å². The highest BCUT2D eigenvalue weighted by molar-refractivity contribution is 5.75. The minimum Gasteiger partial charge on any atom is -0.464 e. The number of hydrogen-bond donors (Lipinski definition) is 1. The molecule has 0 atom stereocenters. The molecular formula is C10H17N5O3. The zero-order valence-corrected chi connectivity index (χ0v) is 10.5. The van der Waals surface area contributed by atoms with Gasteiger partial charge in [0.2, 0.25) is 11.9 Å². The van der Waals surface area contributed by atoms with Crippen molar-refractivity contribution < 1.29 is 14.3 Å². The molecule has 0 saturated heterocycles. The van der Waals surface area contributed by atoms with Crippen molar-refractivity contribution in [2.75, 3.05) is 26.4 Å². The van der Waals surface area contributed by atoms with Gasteiger partial charge in [0.15, 0.2) is 0 Å². The van der Waals surface area contributed by atoms with Crippen LogP contribution in [0, 0.1) is 0 Å². The lowest BCUT2D eigenvalue weighted by Crippen LogP contribution is -2.22. The molecule has 0 aromatic carbocycles. The molecule has 1 aromatic heterocycles. The summed E-state index contributed by atoms with van der Waals surface area (Å²) in [6.07, 6.45) is 2.21. The van der Waals surface area contributed by atoms with Gasteiger partial charge in [0.05, 0.1) is 6.61 Å². The molecule has 8 heteroatoms. The number of amides is 1. The van der Waals surface area contributed by atoms with Crippen LogP contribution in [0.15, 0.2) is 6.33 Å². The van der Waals surface area contributed by atoms with E-state index in [1.807, 2.05) is 0 Å². The number of ether oxygens (including phenoxy) is 1. The van der Waals surface area contributed by atoms with Gasteiger partial charge in [-0.3, -0.25) is 9.59 Å². The van der Waals surface area contributed by atoms with Crippen LogP contribution in [0.3, 0.4) is 0 Å². The molecule has 0 aliphatic carbocycles. The number of carbonyl (C=O) groups is 2. The van der Waals surface area contributed by atoms with Crippen LogP contribution in [0.1, 0.15) is 12.8 Å². The average molecular weight is 255 g/mol. The molecule has 1 rings (SSSR count). The van der Waals surface area contributed by atoms with Gasteiger partial charge in [0.25, 0.3) is 0 Å². The van der Waals surface area contributed by atoms with Crippen molar-refractivity contribution in [3.05, 3.63) is 6.33 Å². The fourth-order valence-electron chi connectivity index (χ4n) is 1.20. The minimum absolute atomic E-state index is 0.00935. The van der Waals surface area contributed by atoms with E-state index in [4.69, 9.17) is 10.5 Å². The first-order valence-corrected chi connectivity index (χ1v) is 5.49. The Morgan fingerprint density at radius 2 is 2.22 bits per heavy atom. The number of nitrogen functional groups attached to an aromatic ring is 1. The Morgan fingerprint density at radius 3 is 2.78 bits per heavy atom. The molecule has 0 fully saturated rings. The summed E-state index contributed by atoms with van der Waals surface area (Å²) in [5.74, 6) is -0.313. The molecule has 0 saturated carbocycles. The number of nitrogens with two attached hydrogens (primary N) is 1. The van der Waals surface area contributed by atoms with Crippen molar-refractivity contribution in [2.24, 2.45) is 0 Å². The van der Waals surface area contributed by atoms with Crippen molar-refractivity contribution >= 4 is 17.8 Å². The molecular weight excluding hydrogens is 238 g/mol. The first kappa shape index (κ1) is 13.9. The number of rotatable bonds is 6. The van der Waals surface area contributed by atoms with Gasteiger partial charge in [0.1, 0.15) is 12.9 Å². The molecule has 0 bridgehead atoms. The largest absolute Gasteiger partial charge is 0.464 e. The average Bonchev–Trinajstić information content (AvgIpc) is 2.69. The maximum absolute atomic E-state index is 11.4. The fourth-order valence-corrected chi connectivity index (χ4v) is 1.20. The third-order valence-corrected chi connectivity index (χ3v) is 2.14. The van der Waals surface area contributed by atoms with Crippen LogP contribution in [-0.4, -0.2) is 52.2 Å². The summed E-state index contributed by atoms with van der Waals surface area (Å²) in [5.41, 5.74) is 5.30. The Bertz CT molecular complexity index is 415. The second-order valence-corrected chi connectivity index (χ2v) is 3.91. The van der Waals surface area contributed by atoms with Gasteiger partial charge >= 0.3 is 5.97 Å². The Kier molecular flexibility index (Phi) is 5.09. The molecule has 1 amide bonds. The first-order chi connectivity index (χ1) is 8.49.